The number of carbonyl (C=O) groups is 1. The summed E-state index contributed by atoms with van der Waals surface area (Å²) in [4.78, 5) is 11.3. The number of rotatable bonds is 4. The highest BCUT2D eigenvalue weighted by Crippen LogP contribution is 2.38. The average molecular weight is 276 g/mol. The van der Waals surface area contributed by atoms with Crippen LogP contribution in [0.25, 0.3) is 0 Å². The third-order valence-electron chi connectivity index (χ3n) is 4.81. The number of amides is 1. The van der Waals surface area contributed by atoms with Gasteiger partial charge in [0.25, 0.3) is 0 Å². The van der Waals surface area contributed by atoms with Crippen LogP contribution in [-0.2, 0) is 11.2 Å². The molecular formula is C15H24N4O. The van der Waals surface area contributed by atoms with Gasteiger partial charge in [-0.15, -0.1) is 5.10 Å². The Balaban J connectivity index is 1.91. The van der Waals surface area contributed by atoms with Crippen molar-refractivity contribution in [2.45, 2.75) is 76.2 Å². The molecule has 20 heavy (non-hydrogen) atoms. The first-order valence-corrected chi connectivity index (χ1v) is 7.98. The summed E-state index contributed by atoms with van der Waals surface area (Å²) in [7, 11) is 0. The van der Waals surface area contributed by atoms with Gasteiger partial charge in [-0.3, -0.25) is 4.79 Å². The predicted molar refractivity (Wildman–Crippen MR) is 76.3 cm³/mol. The zero-order chi connectivity index (χ0) is 13.9. The molecule has 2 fully saturated rings. The Morgan fingerprint density at radius 1 is 1.10 bits per heavy atom. The van der Waals surface area contributed by atoms with Gasteiger partial charge in [0, 0.05) is 5.92 Å². The van der Waals surface area contributed by atoms with Crippen molar-refractivity contribution < 1.29 is 4.79 Å². The van der Waals surface area contributed by atoms with Crippen LogP contribution >= 0.6 is 0 Å². The zero-order valence-electron chi connectivity index (χ0n) is 12.1. The molecule has 1 aromatic heterocycles. The van der Waals surface area contributed by atoms with Gasteiger partial charge < -0.3 is 5.73 Å². The van der Waals surface area contributed by atoms with Crippen molar-refractivity contribution in [3.63, 3.8) is 0 Å². The van der Waals surface area contributed by atoms with Gasteiger partial charge in [-0.2, -0.15) is 0 Å². The molecule has 1 amide bonds. The monoisotopic (exact) mass is 276 g/mol. The number of hydrogen-bond donors (Lipinski definition) is 1. The maximum absolute atomic E-state index is 11.3. The minimum absolute atomic E-state index is 0.235. The molecule has 0 unspecified atom stereocenters. The topological polar surface area (TPSA) is 73.8 Å². The second-order valence-corrected chi connectivity index (χ2v) is 6.28. The first-order valence-electron chi connectivity index (χ1n) is 7.98. The van der Waals surface area contributed by atoms with Gasteiger partial charge in [0.1, 0.15) is 0 Å². The molecule has 0 aromatic carbocycles. The van der Waals surface area contributed by atoms with Crippen LogP contribution in [0.5, 0.6) is 0 Å². The van der Waals surface area contributed by atoms with Crippen LogP contribution in [-0.4, -0.2) is 20.9 Å². The molecule has 3 rings (SSSR count). The fourth-order valence-corrected chi connectivity index (χ4v) is 3.84. The zero-order valence-corrected chi connectivity index (χ0v) is 12.1. The van der Waals surface area contributed by atoms with Crippen LogP contribution in [0.4, 0.5) is 0 Å². The van der Waals surface area contributed by atoms with Crippen molar-refractivity contribution in [3.05, 3.63) is 11.4 Å². The van der Waals surface area contributed by atoms with E-state index < -0.39 is 0 Å². The average Bonchev–Trinajstić information content (AvgIpc) is 3.07. The third kappa shape index (κ3) is 2.72. The van der Waals surface area contributed by atoms with E-state index in [4.69, 9.17) is 5.73 Å². The van der Waals surface area contributed by atoms with E-state index in [9.17, 15) is 4.79 Å². The minimum atomic E-state index is -0.306. The second kappa shape index (κ2) is 5.94. The molecule has 0 bridgehead atoms. The smallest absolute Gasteiger partial charge is 0.223 e. The molecule has 0 saturated heterocycles. The van der Waals surface area contributed by atoms with Crippen LogP contribution in [0.1, 0.15) is 81.1 Å². The van der Waals surface area contributed by atoms with E-state index in [1.807, 2.05) is 0 Å². The maximum Gasteiger partial charge on any atom is 0.223 e. The number of aromatic nitrogens is 3. The Morgan fingerprint density at radius 3 is 2.40 bits per heavy atom. The maximum atomic E-state index is 11.3. The molecule has 1 heterocycles. The molecule has 5 heteroatoms. The van der Waals surface area contributed by atoms with Crippen LogP contribution < -0.4 is 5.73 Å². The normalized spacial score (nSPS) is 21.4. The number of hydrogen-bond acceptors (Lipinski definition) is 3. The molecule has 2 N–H and O–H groups in total. The number of nitrogens with two attached hydrogens (primary N) is 1. The van der Waals surface area contributed by atoms with E-state index in [1.54, 1.807) is 0 Å². The largest absolute Gasteiger partial charge is 0.369 e. The molecule has 2 aliphatic rings. The van der Waals surface area contributed by atoms with Crippen molar-refractivity contribution in [3.8, 4) is 0 Å². The van der Waals surface area contributed by atoms with Crippen LogP contribution in [0.2, 0.25) is 0 Å². The van der Waals surface area contributed by atoms with E-state index in [2.05, 4.69) is 15.0 Å². The van der Waals surface area contributed by atoms with E-state index in [0.29, 0.717) is 12.0 Å². The predicted octanol–water partition coefficient (Wildman–Crippen LogP) is 2.47. The number of carbonyl (C=O) groups excluding carboxylic acids is 1. The third-order valence-corrected chi connectivity index (χ3v) is 4.81. The first kappa shape index (κ1) is 13.6. The molecule has 5 nitrogen and oxygen atoms in total. The van der Waals surface area contributed by atoms with Gasteiger partial charge in [-0.05, 0) is 25.7 Å². The van der Waals surface area contributed by atoms with Crippen LogP contribution in [0.3, 0.4) is 0 Å². The summed E-state index contributed by atoms with van der Waals surface area (Å²) in [5, 5.41) is 8.68. The SMILES string of the molecule is NC(=O)Cc1nnn(C2CCCCC2)c1C1CCCC1. The summed E-state index contributed by atoms with van der Waals surface area (Å²) < 4.78 is 2.15. The minimum Gasteiger partial charge on any atom is -0.369 e. The van der Waals surface area contributed by atoms with Gasteiger partial charge >= 0.3 is 0 Å². The Bertz CT molecular complexity index is 470. The Morgan fingerprint density at radius 2 is 1.75 bits per heavy atom. The molecule has 0 atom stereocenters. The van der Waals surface area contributed by atoms with Crippen molar-refractivity contribution >= 4 is 5.91 Å². The molecule has 2 saturated carbocycles. The molecule has 110 valence electrons. The molecular weight excluding hydrogens is 252 g/mol. The van der Waals surface area contributed by atoms with Gasteiger partial charge in [0.2, 0.25) is 5.91 Å². The Kier molecular flexibility index (Phi) is 4.03. The molecule has 1 aromatic rings. The van der Waals surface area contributed by atoms with E-state index in [-0.39, 0.29) is 12.3 Å². The summed E-state index contributed by atoms with van der Waals surface area (Å²) in [6.45, 7) is 0. The lowest BCUT2D eigenvalue weighted by Crippen LogP contribution is -2.20. The lowest BCUT2D eigenvalue weighted by atomic mass is 9.93. The Hall–Kier alpha value is -1.39. The van der Waals surface area contributed by atoms with Crippen LogP contribution in [0.15, 0.2) is 0 Å². The summed E-state index contributed by atoms with van der Waals surface area (Å²) in [5.41, 5.74) is 7.41. The van der Waals surface area contributed by atoms with Crippen molar-refractivity contribution in [1.82, 2.24) is 15.0 Å². The van der Waals surface area contributed by atoms with E-state index in [1.165, 1.54) is 63.5 Å². The summed E-state index contributed by atoms with van der Waals surface area (Å²) >= 11 is 0. The van der Waals surface area contributed by atoms with Gasteiger partial charge in [-0.1, -0.05) is 37.3 Å². The fraction of sp³-hybridized carbons (Fsp3) is 0.800. The highest BCUT2D eigenvalue weighted by molar-refractivity contribution is 5.76. The molecule has 2 aliphatic carbocycles. The summed E-state index contributed by atoms with van der Waals surface area (Å²) in [6.07, 6.45) is 11.5. The lowest BCUT2D eigenvalue weighted by molar-refractivity contribution is -0.117. The number of primary amides is 1. The van der Waals surface area contributed by atoms with Crippen LogP contribution in [0, 0.1) is 0 Å². The highest BCUT2D eigenvalue weighted by atomic mass is 16.1. The fourth-order valence-electron chi connectivity index (χ4n) is 3.84. The highest BCUT2D eigenvalue weighted by Gasteiger charge is 2.29. The van der Waals surface area contributed by atoms with E-state index >= 15 is 0 Å². The van der Waals surface area contributed by atoms with Crippen molar-refractivity contribution in [2.24, 2.45) is 5.73 Å². The Labute approximate surface area is 119 Å². The van der Waals surface area contributed by atoms with Crippen molar-refractivity contribution in [1.29, 1.82) is 0 Å². The standard InChI is InChI=1S/C15H24N4O/c16-14(20)10-13-15(11-6-4-5-7-11)19(18-17-13)12-8-2-1-3-9-12/h11-12H,1-10H2,(H2,16,20). The van der Waals surface area contributed by atoms with E-state index in [0.717, 1.165) is 5.69 Å². The number of nitrogens with zero attached hydrogens (tertiary/aromatic N) is 3. The second-order valence-electron chi connectivity index (χ2n) is 6.28. The summed E-state index contributed by atoms with van der Waals surface area (Å²) in [5.74, 6) is 0.223. The summed E-state index contributed by atoms with van der Waals surface area (Å²) in [6, 6.07) is 0.480. The van der Waals surface area contributed by atoms with Gasteiger partial charge in [-0.25, -0.2) is 4.68 Å². The van der Waals surface area contributed by atoms with Crippen molar-refractivity contribution in [2.75, 3.05) is 0 Å². The molecule has 0 radical (unpaired) electrons. The van der Waals surface area contributed by atoms with Gasteiger partial charge in [0.05, 0.1) is 23.9 Å². The first-order chi connectivity index (χ1) is 9.75. The van der Waals surface area contributed by atoms with Gasteiger partial charge in [0.15, 0.2) is 0 Å². The quantitative estimate of drug-likeness (QED) is 0.918. The molecule has 0 spiro atoms. The lowest BCUT2D eigenvalue weighted by Gasteiger charge is -2.25. The molecule has 0 aliphatic heterocycles.